The molecular formula is C20H32Br2N4O2. The summed E-state index contributed by atoms with van der Waals surface area (Å²) in [5, 5.41) is 9.68. The molecule has 0 saturated heterocycles. The maximum Gasteiger partial charge on any atom is 0.243 e. The van der Waals surface area contributed by atoms with E-state index in [9.17, 15) is 4.79 Å². The third-order valence-corrected chi connectivity index (χ3v) is 5.17. The van der Waals surface area contributed by atoms with Crippen LogP contribution in [0.1, 0.15) is 31.2 Å². The lowest BCUT2D eigenvalue weighted by atomic mass is 10.2. The van der Waals surface area contributed by atoms with Crippen molar-refractivity contribution in [2.45, 2.75) is 25.7 Å². The van der Waals surface area contributed by atoms with Gasteiger partial charge in [0.05, 0.1) is 16.1 Å². The van der Waals surface area contributed by atoms with E-state index in [0.717, 1.165) is 78.7 Å². The van der Waals surface area contributed by atoms with Gasteiger partial charge in [-0.3, -0.25) is 4.79 Å². The number of unbranched alkanes of at least 4 members (excludes halogenated alkanes) is 1. The van der Waals surface area contributed by atoms with Gasteiger partial charge >= 0.3 is 0 Å². The zero-order chi connectivity index (χ0) is 20.6. The molecule has 0 aromatic heterocycles. The minimum Gasteiger partial charge on any atom is -0.494 e. The van der Waals surface area contributed by atoms with Crippen molar-refractivity contribution >= 4 is 43.8 Å². The average molecular weight is 520 g/mol. The van der Waals surface area contributed by atoms with E-state index in [-0.39, 0.29) is 5.91 Å². The molecule has 8 heteroatoms. The summed E-state index contributed by atoms with van der Waals surface area (Å²) in [6.07, 6.45) is 7.59. The normalized spacial score (nSPS) is 11.1. The van der Waals surface area contributed by atoms with Gasteiger partial charge in [-0.15, -0.1) is 0 Å². The van der Waals surface area contributed by atoms with Crippen molar-refractivity contribution in [3.8, 4) is 5.75 Å². The number of halogens is 2. The number of amides is 1. The standard InChI is InChI=1S/C20H32Br2N4O2/c1-28-20-17(21)14-16(15-18(20)22)6-7-19(27)26-13-5-12-25-10-3-2-9-24-11-4-8-23/h6-7,14-15,24-25H,2-5,8-13,23H2,1H3,(H,26,27)/b7-6+. The Kier molecular flexibility index (Phi) is 14.3. The zero-order valence-electron chi connectivity index (χ0n) is 16.5. The van der Waals surface area contributed by atoms with Crippen molar-refractivity contribution in [1.29, 1.82) is 0 Å². The molecule has 0 saturated carbocycles. The third kappa shape index (κ3) is 11.2. The Morgan fingerprint density at radius 3 is 2.14 bits per heavy atom. The van der Waals surface area contributed by atoms with Gasteiger partial charge in [0.25, 0.3) is 0 Å². The van der Waals surface area contributed by atoms with Crippen LogP contribution in [0.5, 0.6) is 5.75 Å². The Bertz CT molecular complexity index is 589. The first-order chi connectivity index (χ1) is 13.6. The minimum absolute atomic E-state index is 0.0911. The predicted molar refractivity (Wildman–Crippen MR) is 124 cm³/mol. The molecule has 0 aliphatic carbocycles. The van der Waals surface area contributed by atoms with E-state index in [0.29, 0.717) is 6.54 Å². The van der Waals surface area contributed by atoms with Gasteiger partial charge in [-0.05, 0) is 114 Å². The fourth-order valence-electron chi connectivity index (χ4n) is 2.50. The van der Waals surface area contributed by atoms with Crippen molar-refractivity contribution in [2.24, 2.45) is 5.73 Å². The van der Waals surface area contributed by atoms with Crippen LogP contribution in [0.2, 0.25) is 0 Å². The molecule has 0 fully saturated rings. The van der Waals surface area contributed by atoms with Gasteiger partial charge in [-0.2, -0.15) is 0 Å². The summed E-state index contributed by atoms with van der Waals surface area (Å²) < 4.78 is 6.94. The van der Waals surface area contributed by atoms with E-state index in [4.69, 9.17) is 10.5 Å². The SMILES string of the molecule is COc1c(Br)cc(/C=C/C(=O)NCCCNCCCCNCCCN)cc1Br. The van der Waals surface area contributed by atoms with Crippen molar-refractivity contribution in [3.63, 3.8) is 0 Å². The highest BCUT2D eigenvalue weighted by Gasteiger charge is 2.06. The number of benzene rings is 1. The van der Waals surface area contributed by atoms with Crippen molar-refractivity contribution in [3.05, 3.63) is 32.7 Å². The highest BCUT2D eigenvalue weighted by atomic mass is 79.9. The van der Waals surface area contributed by atoms with Gasteiger partial charge in [0.2, 0.25) is 5.91 Å². The number of hydrogen-bond donors (Lipinski definition) is 4. The Hall–Kier alpha value is -0.930. The fourth-order valence-corrected chi connectivity index (χ4v) is 4.05. The van der Waals surface area contributed by atoms with Crippen LogP contribution in [0.15, 0.2) is 27.2 Å². The number of nitrogens with one attached hydrogen (secondary N) is 3. The van der Waals surface area contributed by atoms with Crippen molar-refractivity contribution < 1.29 is 9.53 Å². The van der Waals surface area contributed by atoms with E-state index in [1.54, 1.807) is 19.3 Å². The number of methoxy groups -OCH3 is 1. The molecule has 0 unspecified atom stereocenters. The van der Waals surface area contributed by atoms with Crippen LogP contribution in [0.3, 0.4) is 0 Å². The van der Waals surface area contributed by atoms with E-state index in [1.807, 2.05) is 12.1 Å². The van der Waals surface area contributed by atoms with Crippen LogP contribution in [-0.4, -0.2) is 52.3 Å². The van der Waals surface area contributed by atoms with Gasteiger partial charge in [0.15, 0.2) is 0 Å². The van der Waals surface area contributed by atoms with E-state index in [2.05, 4.69) is 47.8 Å². The highest BCUT2D eigenvalue weighted by molar-refractivity contribution is 9.11. The lowest BCUT2D eigenvalue weighted by molar-refractivity contribution is -0.116. The fraction of sp³-hybridized carbons (Fsp3) is 0.550. The highest BCUT2D eigenvalue weighted by Crippen LogP contribution is 2.34. The molecule has 1 aromatic carbocycles. The lowest BCUT2D eigenvalue weighted by Gasteiger charge is -2.07. The second kappa shape index (κ2) is 15.9. The molecule has 1 aromatic rings. The maximum absolute atomic E-state index is 11.9. The van der Waals surface area contributed by atoms with Crippen LogP contribution in [-0.2, 0) is 4.79 Å². The summed E-state index contributed by atoms with van der Waals surface area (Å²) in [6.45, 7) is 5.37. The number of nitrogens with two attached hydrogens (primary N) is 1. The topological polar surface area (TPSA) is 88.4 Å². The molecule has 6 nitrogen and oxygen atoms in total. The van der Waals surface area contributed by atoms with E-state index >= 15 is 0 Å². The molecule has 1 rings (SSSR count). The van der Waals surface area contributed by atoms with Gasteiger partial charge in [0.1, 0.15) is 5.75 Å². The molecule has 0 aliphatic rings. The Labute approximate surface area is 185 Å². The predicted octanol–water partition coefficient (Wildman–Crippen LogP) is 3.05. The summed E-state index contributed by atoms with van der Waals surface area (Å²) >= 11 is 6.91. The largest absolute Gasteiger partial charge is 0.494 e. The van der Waals surface area contributed by atoms with Crippen LogP contribution in [0.4, 0.5) is 0 Å². The van der Waals surface area contributed by atoms with Crippen molar-refractivity contribution in [1.82, 2.24) is 16.0 Å². The van der Waals surface area contributed by atoms with Gasteiger partial charge in [0, 0.05) is 12.6 Å². The summed E-state index contributed by atoms with van der Waals surface area (Å²) in [5.74, 6) is 0.642. The van der Waals surface area contributed by atoms with Crippen molar-refractivity contribution in [2.75, 3.05) is 46.4 Å². The molecule has 0 aliphatic heterocycles. The number of carbonyl (C=O) groups excluding carboxylic acids is 1. The minimum atomic E-state index is -0.0911. The van der Waals surface area contributed by atoms with Gasteiger partial charge in [-0.25, -0.2) is 0 Å². The lowest BCUT2D eigenvalue weighted by Crippen LogP contribution is -2.26. The van der Waals surface area contributed by atoms with Gasteiger partial charge < -0.3 is 26.4 Å². The van der Waals surface area contributed by atoms with Crippen LogP contribution in [0, 0.1) is 0 Å². The monoisotopic (exact) mass is 518 g/mol. The van der Waals surface area contributed by atoms with Crippen LogP contribution in [0.25, 0.3) is 6.08 Å². The molecule has 0 spiro atoms. The molecule has 0 radical (unpaired) electrons. The molecule has 28 heavy (non-hydrogen) atoms. The molecule has 0 heterocycles. The number of rotatable bonds is 15. The van der Waals surface area contributed by atoms with Gasteiger partial charge in [-0.1, -0.05) is 0 Å². The molecule has 0 atom stereocenters. The van der Waals surface area contributed by atoms with Crippen LogP contribution >= 0.6 is 31.9 Å². The third-order valence-electron chi connectivity index (χ3n) is 4.00. The molecule has 5 N–H and O–H groups in total. The first kappa shape index (κ1) is 25.1. The molecular weight excluding hydrogens is 488 g/mol. The molecule has 158 valence electrons. The summed E-state index contributed by atoms with van der Waals surface area (Å²) in [7, 11) is 1.62. The number of carbonyl (C=O) groups is 1. The Morgan fingerprint density at radius 2 is 1.57 bits per heavy atom. The summed E-state index contributed by atoms with van der Waals surface area (Å²) in [4.78, 5) is 11.9. The van der Waals surface area contributed by atoms with E-state index in [1.165, 1.54) is 0 Å². The average Bonchev–Trinajstić information content (AvgIpc) is 2.67. The van der Waals surface area contributed by atoms with Crippen LogP contribution < -0.4 is 26.4 Å². The second-order valence-electron chi connectivity index (χ2n) is 6.35. The Morgan fingerprint density at radius 1 is 1.00 bits per heavy atom. The number of hydrogen-bond acceptors (Lipinski definition) is 5. The summed E-state index contributed by atoms with van der Waals surface area (Å²) in [6, 6.07) is 3.82. The summed E-state index contributed by atoms with van der Waals surface area (Å²) in [5.41, 5.74) is 6.35. The van der Waals surface area contributed by atoms with E-state index < -0.39 is 0 Å². The second-order valence-corrected chi connectivity index (χ2v) is 8.05. The quantitative estimate of drug-likeness (QED) is 0.211. The smallest absolute Gasteiger partial charge is 0.243 e. The molecule has 0 bridgehead atoms. The molecule has 1 amide bonds. The zero-order valence-corrected chi connectivity index (χ0v) is 19.7. The first-order valence-corrected chi connectivity index (χ1v) is 11.3. The first-order valence-electron chi connectivity index (χ1n) is 9.69. The number of ether oxygens (including phenoxy) is 1. The Balaban J connectivity index is 2.09. The maximum atomic E-state index is 11.9.